The maximum absolute atomic E-state index is 12.2. The summed E-state index contributed by atoms with van der Waals surface area (Å²) in [5.74, 6) is -0.732. The van der Waals surface area contributed by atoms with E-state index in [1.807, 2.05) is 24.3 Å². The number of carbonyl (C=O) groups excluding carboxylic acids is 2. The van der Waals surface area contributed by atoms with Gasteiger partial charge in [0.05, 0.1) is 0 Å². The van der Waals surface area contributed by atoms with Crippen LogP contribution in [0, 0.1) is 0 Å². The molecule has 0 saturated carbocycles. The van der Waals surface area contributed by atoms with E-state index in [-0.39, 0.29) is 12.5 Å². The Balaban J connectivity index is 1.50. The first-order chi connectivity index (χ1) is 12.1. The van der Waals surface area contributed by atoms with Crippen molar-refractivity contribution in [1.29, 1.82) is 0 Å². The van der Waals surface area contributed by atoms with E-state index >= 15 is 0 Å². The minimum absolute atomic E-state index is 0.181. The zero-order chi connectivity index (χ0) is 17.6. The summed E-state index contributed by atoms with van der Waals surface area (Å²) in [6.07, 6.45) is 3.73. The highest BCUT2D eigenvalue weighted by Crippen LogP contribution is 2.18. The Morgan fingerprint density at radius 2 is 1.92 bits per heavy atom. The number of hydrogen-bond acceptors (Lipinski definition) is 3. The van der Waals surface area contributed by atoms with Gasteiger partial charge in [-0.1, -0.05) is 48.0 Å². The van der Waals surface area contributed by atoms with Crippen LogP contribution in [0.2, 0.25) is 5.02 Å². The molecule has 1 amide bonds. The molecule has 0 aromatic heterocycles. The van der Waals surface area contributed by atoms with E-state index in [1.165, 1.54) is 11.6 Å². The summed E-state index contributed by atoms with van der Waals surface area (Å²) >= 11 is 5.88. The van der Waals surface area contributed by atoms with Crippen molar-refractivity contribution in [2.45, 2.75) is 13.0 Å². The third-order valence-corrected chi connectivity index (χ3v) is 4.32. The maximum atomic E-state index is 12.2. The van der Waals surface area contributed by atoms with E-state index in [4.69, 9.17) is 16.3 Å². The van der Waals surface area contributed by atoms with Crippen molar-refractivity contribution in [3.8, 4) is 0 Å². The van der Waals surface area contributed by atoms with Crippen LogP contribution in [0.5, 0.6) is 0 Å². The standard InChI is InChI=1S/C20H18ClNO3/c21-18-7-3-4-15(12-18)8-9-20(24)25-14-19(23)22-11-10-16-5-1-2-6-17(16)13-22/h1-9,12H,10-11,13-14H2. The smallest absolute Gasteiger partial charge is 0.331 e. The molecule has 0 N–H and O–H groups in total. The largest absolute Gasteiger partial charge is 0.452 e. The van der Waals surface area contributed by atoms with Gasteiger partial charge in [0.2, 0.25) is 0 Å². The second kappa shape index (κ2) is 7.99. The van der Waals surface area contributed by atoms with Crippen LogP contribution in [0.25, 0.3) is 6.08 Å². The third-order valence-electron chi connectivity index (χ3n) is 4.08. The zero-order valence-corrected chi connectivity index (χ0v) is 14.4. The number of halogens is 1. The first-order valence-corrected chi connectivity index (χ1v) is 8.44. The molecule has 2 aromatic carbocycles. The van der Waals surface area contributed by atoms with E-state index in [1.54, 1.807) is 29.2 Å². The quantitative estimate of drug-likeness (QED) is 0.623. The normalized spacial score (nSPS) is 13.6. The molecule has 2 aromatic rings. The van der Waals surface area contributed by atoms with Gasteiger partial charge >= 0.3 is 5.97 Å². The molecule has 0 atom stereocenters. The van der Waals surface area contributed by atoms with E-state index < -0.39 is 5.97 Å². The first-order valence-electron chi connectivity index (χ1n) is 8.07. The molecule has 1 aliphatic heterocycles. The fraction of sp³-hybridized carbons (Fsp3) is 0.200. The van der Waals surface area contributed by atoms with Gasteiger partial charge in [-0.25, -0.2) is 4.79 Å². The number of nitrogens with zero attached hydrogens (tertiary/aromatic N) is 1. The van der Waals surface area contributed by atoms with E-state index in [0.29, 0.717) is 18.1 Å². The summed E-state index contributed by atoms with van der Waals surface area (Å²) in [5.41, 5.74) is 3.21. The van der Waals surface area contributed by atoms with Crippen LogP contribution in [0.15, 0.2) is 54.6 Å². The van der Waals surface area contributed by atoms with Gasteiger partial charge in [-0.3, -0.25) is 4.79 Å². The molecule has 0 spiro atoms. The molecule has 1 heterocycles. The lowest BCUT2D eigenvalue weighted by molar-refractivity contribution is -0.148. The SMILES string of the molecule is O=C(C=Cc1cccc(Cl)c1)OCC(=O)N1CCc2ccccc2C1. The lowest BCUT2D eigenvalue weighted by atomic mass is 10.00. The number of ether oxygens (including phenoxy) is 1. The summed E-state index contributed by atoms with van der Waals surface area (Å²) in [5, 5.41) is 0.594. The molecular formula is C20H18ClNO3. The molecule has 25 heavy (non-hydrogen) atoms. The molecule has 5 heteroatoms. The van der Waals surface area contributed by atoms with Crippen molar-refractivity contribution < 1.29 is 14.3 Å². The summed E-state index contributed by atoms with van der Waals surface area (Å²) in [6, 6.07) is 15.2. The van der Waals surface area contributed by atoms with Crippen LogP contribution in [0.1, 0.15) is 16.7 Å². The fourth-order valence-electron chi connectivity index (χ4n) is 2.76. The van der Waals surface area contributed by atoms with Crippen molar-refractivity contribution in [1.82, 2.24) is 4.90 Å². The van der Waals surface area contributed by atoms with Crippen molar-refractivity contribution in [2.75, 3.05) is 13.2 Å². The number of hydrogen-bond donors (Lipinski definition) is 0. The number of esters is 1. The molecular weight excluding hydrogens is 338 g/mol. The summed E-state index contributed by atoms with van der Waals surface area (Å²) in [6.45, 7) is 0.956. The Kier molecular flexibility index (Phi) is 5.51. The molecule has 1 aliphatic rings. The Morgan fingerprint density at radius 1 is 1.12 bits per heavy atom. The van der Waals surface area contributed by atoms with Gasteiger partial charge in [-0.2, -0.15) is 0 Å². The van der Waals surface area contributed by atoms with Crippen molar-refractivity contribution in [3.05, 3.63) is 76.3 Å². The average Bonchev–Trinajstić information content (AvgIpc) is 2.64. The lowest BCUT2D eigenvalue weighted by Gasteiger charge is -2.28. The second-order valence-electron chi connectivity index (χ2n) is 5.83. The monoisotopic (exact) mass is 355 g/mol. The molecule has 0 fully saturated rings. The van der Waals surface area contributed by atoms with Gasteiger partial charge < -0.3 is 9.64 Å². The molecule has 0 unspecified atom stereocenters. The van der Waals surface area contributed by atoms with Gasteiger partial charge in [0.1, 0.15) is 0 Å². The highest BCUT2D eigenvalue weighted by molar-refractivity contribution is 6.30. The number of benzene rings is 2. The number of fused-ring (bicyclic) bond motifs is 1. The predicted molar refractivity (Wildman–Crippen MR) is 97.0 cm³/mol. The van der Waals surface area contributed by atoms with Crippen molar-refractivity contribution in [2.24, 2.45) is 0 Å². The van der Waals surface area contributed by atoms with E-state index in [2.05, 4.69) is 6.07 Å². The molecule has 0 bridgehead atoms. The molecule has 0 saturated heterocycles. The van der Waals surface area contributed by atoms with Crippen LogP contribution in [0.3, 0.4) is 0 Å². The molecule has 3 rings (SSSR count). The molecule has 0 radical (unpaired) electrons. The summed E-state index contributed by atoms with van der Waals surface area (Å²) in [4.78, 5) is 25.7. The maximum Gasteiger partial charge on any atom is 0.331 e. The minimum Gasteiger partial charge on any atom is -0.452 e. The summed E-state index contributed by atoms with van der Waals surface area (Å²) < 4.78 is 5.05. The van der Waals surface area contributed by atoms with Crippen molar-refractivity contribution >= 4 is 29.6 Å². The Bertz CT molecular complexity index is 816. The predicted octanol–water partition coefficient (Wildman–Crippen LogP) is 3.48. The van der Waals surface area contributed by atoms with Crippen LogP contribution in [0.4, 0.5) is 0 Å². The topological polar surface area (TPSA) is 46.6 Å². The minimum atomic E-state index is -0.550. The van der Waals surface area contributed by atoms with Crippen LogP contribution in [-0.4, -0.2) is 29.9 Å². The zero-order valence-electron chi connectivity index (χ0n) is 13.7. The van der Waals surface area contributed by atoms with Gasteiger partial charge in [0.15, 0.2) is 6.61 Å². The van der Waals surface area contributed by atoms with Gasteiger partial charge in [0.25, 0.3) is 5.91 Å². The molecule has 128 valence electrons. The Labute approximate surface area is 151 Å². The van der Waals surface area contributed by atoms with Crippen LogP contribution < -0.4 is 0 Å². The number of rotatable bonds is 4. The average molecular weight is 356 g/mol. The van der Waals surface area contributed by atoms with Gasteiger partial charge in [0, 0.05) is 24.2 Å². The Hall–Kier alpha value is -2.59. The fourth-order valence-corrected chi connectivity index (χ4v) is 2.95. The molecule has 4 nitrogen and oxygen atoms in total. The number of carbonyl (C=O) groups is 2. The summed E-state index contributed by atoms with van der Waals surface area (Å²) in [7, 11) is 0. The van der Waals surface area contributed by atoms with Gasteiger partial charge in [-0.15, -0.1) is 0 Å². The van der Waals surface area contributed by atoms with E-state index in [9.17, 15) is 9.59 Å². The second-order valence-corrected chi connectivity index (χ2v) is 6.27. The van der Waals surface area contributed by atoms with Crippen LogP contribution in [-0.2, 0) is 27.3 Å². The third kappa shape index (κ3) is 4.70. The highest BCUT2D eigenvalue weighted by atomic mass is 35.5. The van der Waals surface area contributed by atoms with Crippen molar-refractivity contribution in [3.63, 3.8) is 0 Å². The van der Waals surface area contributed by atoms with E-state index in [0.717, 1.165) is 17.5 Å². The number of amides is 1. The highest BCUT2D eigenvalue weighted by Gasteiger charge is 2.20. The van der Waals surface area contributed by atoms with Crippen LogP contribution >= 0.6 is 11.6 Å². The lowest BCUT2D eigenvalue weighted by Crippen LogP contribution is -2.38. The van der Waals surface area contributed by atoms with Gasteiger partial charge in [-0.05, 0) is 41.3 Å². The first kappa shape index (κ1) is 17.2. The Morgan fingerprint density at radius 3 is 2.72 bits per heavy atom. The molecule has 0 aliphatic carbocycles.